The molecular formula is C22H23NO6. The van der Waals surface area contributed by atoms with Gasteiger partial charge in [-0.05, 0) is 31.4 Å². The molecule has 29 heavy (non-hydrogen) atoms. The maximum Gasteiger partial charge on any atom is 0.336 e. The van der Waals surface area contributed by atoms with Crippen LogP contribution in [0.25, 0.3) is 11.0 Å². The third kappa shape index (κ3) is 3.81. The molecule has 2 atom stereocenters. The van der Waals surface area contributed by atoms with Crippen LogP contribution in [0.2, 0.25) is 0 Å². The fourth-order valence-electron chi connectivity index (χ4n) is 4.34. The molecule has 7 heteroatoms. The number of amides is 2. The summed E-state index contributed by atoms with van der Waals surface area (Å²) in [5.41, 5.74) is 1.45. The predicted molar refractivity (Wildman–Crippen MR) is 104 cm³/mol. The third-order valence-electron chi connectivity index (χ3n) is 5.85. The highest BCUT2D eigenvalue weighted by atomic mass is 16.5. The number of carbonyl (C=O) groups is 3. The number of ether oxygens (including phenoxy) is 1. The first kappa shape index (κ1) is 19.4. The van der Waals surface area contributed by atoms with Crippen LogP contribution in [0.3, 0.4) is 0 Å². The Labute approximate surface area is 167 Å². The zero-order chi connectivity index (χ0) is 20.5. The number of nitrogens with zero attached hydrogens (tertiary/aromatic N) is 1. The van der Waals surface area contributed by atoms with Gasteiger partial charge in [-0.25, -0.2) is 4.79 Å². The van der Waals surface area contributed by atoms with Crippen LogP contribution in [0.5, 0.6) is 0 Å². The van der Waals surface area contributed by atoms with E-state index in [4.69, 9.17) is 9.15 Å². The van der Waals surface area contributed by atoms with Crippen molar-refractivity contribution in [2.24, 2.45) is 11.8 Å². The van der Waals surface area contributed by atoms with Crippen LogP contribution >= 0.6 is 0 Å². The Bertz CT molecular complexity index is 1020. The molecule has 0 N–H and O–H groups in total. The van der Waals surface area contributed by atoms with Crippen LogP contribution in [-0.4, -0.2) is 29.2 Å². The van der Waals surface area contributed by atoms with Crippen molar-refractivity contribution >= 4 is 28.8 Å². The molecular weight excluding hydrogens is 374 g/mol. The molecule has 1 aromatic carbocycles. The van der Waals surface area contributed by atoms with Crippen LogP contribution in [0, 0.1) is 18.8 Å². The highest BCUT2D eigenvalue weighted by Gasteiger charge is 2.47. The normalized spacial score (nSPS) is 21.5. The molecule has 1 aromatic heterocycles. The van der Waals surface area contributed by atoms with Crippen molar-refractivity contribution in [2.45, 2.75) is 45.6 Å². The van der Waals surface area contributed by atoms with Crippen LogP contribution in [0.4, 0.5) is 0 Å². The van der Waals surface area contributed by atoms with E-state index < -0.39 is 11.6 Å². The summed E-state index contributed by atoms with van der Waals surface area (Å²) in [6.07, 6.45) is 3.37. The summed E-state index contributed by atoms with van der Waals surface area (Å²) >= 11 is 0. The maximum atomic E-state index is 12.5. The number of aryl methyl sites for hydroxylation is 1. The zero-order valence-electron chi connectivity index (χ0n) is 16.3. The quantitative estimate of drug-likeness (QED) is 0.437. The lowest BCUT2D eigenvalue weighted by atomic mass is 9.81. The van der Waals surface area contributed by atoms with Gasteiger partial charge in [0.1, 0.15) is 12.2 Å². The monoisotopic (exact) mass is 397 g/mol. The number of hydrogen-bond donors (Lipinski definition) is 0. The predicted octanol–water partition coefficient (Wildman–Crippen LogP) is 2.71. The SMILES string of the molecule is Cc1ccc2c(COC(=O)CCN3C(=O)[C@H]4CCCC[C@H]4C3=O)cc(=O)oc2c1. The van der Waals surface area contributed by atoms with Crippen molar-refractivity contribution in [3.8, 4) is 0 Å². The molecule has 2 aromatic rings. The number of rotatable bonds is 5. The first-order valence-electron chi connectivity index (χ1n) is 9.98. The molecule has 2 heterocycles. The summed E-state index contributed by atoms with van der Waals surface area (Å²) in [6, 6.07) is 6.77. The van der Waals surface area contributed by atoms with E-state index in [0.29, 0.717) is 16.5 Å². The minimum atomic E-state index is -0.519. The van der Waals surface area contributed by atoms with E-state index in [2.05, 4.69) is 0 Å². The Kier molecular flexibility index (Phi) is 5.22. The number of benzene rings is 1. The number of esters is 1. The van der Waals surface area contributed by atoms with Gasteiger partial charge in [0, 0.05) is 23.6 Å². The first-order valence-corrected chi connectivity index (χ1v) is 9.98. The molecule has 0 spiro atoms. The highest BCUT2D eigenvalue weighted by molar-refractivity contribution is 6.05. The van der Waals surface area contributed by atoms with Crippen molar-refractivity contribution in [1.29, 1.82) is 0 Å². The lowest BCUT2D eigenvalue weighted by Gasteiger charge is -2.19. The molecule has 1 aliphatic carbocycles. The molecule has 2 fully saturated rings. The van der Waals surface area contributed by atoms with E-state index in [1.54, 1.807) is 6.07 Å². The Morgan fingerprint density at radius 2 is 1.79 bits per heavy atom. The number of carbonyl (C=O) groups excluding carboxylic acids is 3. The van der Waals surface area contributed by atoms with Crippen molar-refractivity contribution in [3.05, 3.63) is 45.8 Å². The molecule has 0 radical (unpaired) electrons. The molecule has 0 bridgehead atoms. The Balaban J connectivity index is 1.38. The molecule has 0 unspecified atom stereocenters. The second-order valence-corrected chi connectivity index (χ2v) is 7.83. The van der Waals surface area contributed by atoms with E-state index in [1.807, 2.05) is 19.1 Å². The van der Waals surface area contributed by atoms with E-state index in [0.717, 1.165) is 31.2 Å². The summed E-state index contributed by atoms with van der Waals surface area (Å²) in [5.74, 6) is -1.27. The Morgan fingerprint density at radius 1 is 1.10 bits per heavy atom. The van der Waals surface area contributed by atoms with Crippen LogP contribution in [0.1, 0.15) is 43.2 Å². The summed E-state index contributed by atoms with van der Waals surface area (Å²) in [6.45, 7) is 1.86. The van der Waals surface area contributed by atoms with Crippen molar-refractivity contribution < 1.29 is 23.5 Å². The fourth-order valence-corrected chi connectivity index (χ4v) is 4.34. The van der Waals surface area contributed by atoms with Gasteiger partial charge in [0.25, 0.3) is 0 Å². The topological polar surface area (TPSA) is 93.9 Å². The highest BCUT2D eigenvalue weighted by Crippen LogP contribution is 2.38. The largest absolute Gasteiger partial charge is 0.461 e. The van der Waals surface area contributed by atoms with Crippen LogP contribution in [0.15, 0.2) is 33.5 Å². The second-order valence-electron chi connectivity index (χ2n) is 7.83. The second kappa shape index (κ2) is 7.81. The minimum Gasteiger partial charge on any atom is -0.461 e. The molecule has 7 nitrogen and oxygen atoms in total. The van der Waals surface area contributed by atoms with E-state index in [9.17, 15) is 19.2 Å². The van der Waals surface area contributed by atoms with Gasteiger partial charge in [-0.2, -0.15) is 0 Å². The van der Waals surface area contributed by atoms with Crippen LogP contribution < -0.4 is 5.63 Å². The minimum absolute atomic E-state index is 0.0420. The summed E-state index contributed by atoms with van der Waals surface area (Å²) in [5, 5.41) is 0.706. The van der Waals surface area contributed by atoms with Gasteiger partial charge < -0.3 is 9.15 Å². The number of hydrogen-bond acceptors (Lipinski definition) is 6. The van der Waals surface area contributed by atoms with Crippen molar-refractivity contribution in [1.82, 2.24) is 4.90 Å². The average molecular weight is 397 g/mol. The first-order chi connectivity index (χ1) is 13.9. The standard InChI is InChI=1S/C22H23NO6/c1-13-6-7-15-14(11-20(25)29-18(15)10-13)12-28-19(24)8-9-23-21(26)16-4-2-3-5-17(16)22(23)27/h6-7,10-11,16-17H,2-5,8-9,12H2,1H3/t16-,17+. The zero-order valence-corrected chi connectivity index (χ0v) is 16.3. The van der Waals surface area contributed by atoms with E-state index in [1.165, 1.54) is 11.0 Å². The summed E-state index contributed by atoms with van der Waals surface area (Å²) < 4.78 is 10.5. The van der Waals surface area contributed by atoms with E-state index in [-0.39, 0.29) is 43.2 Å². The smallest absolute Gasteiger partial charge is 0.336 e. The Hall–Kier alpha value is -2.96. The van der Waals surface area contributed by atoms with Gasteiger partial charge in [-0.3, -0.25) is 19.3 Å². The van der Waals surface area contributed by atoms with E-state index >= 15 is 0 Å². The average Bonchev–Trinajstić information content (AvgIpc) is 2.94. The molecule has 1 saturated heterocycles. The molecule has 2 aliphatic rings. The Morgan fingerprint density at radius 3 is 2.48 bits per heavy atom. The third-order valence-corrected chi connectivity index (χ3v) is 5.85. The lowest BCUT2D eigenvalue weighted by molar-refractivity contribution is -0.146. The number of fused-ring (bicyclic) bond motifs is 2. The number of likely N-dealkylation sites (tertiary alicyclic amines) is 1. The fraction of sp³-hybridized carbons (Fsp3) is 0.455. The van der Waals surface area contributed by atoms with Gasteiger partial charge in [-0.1, -0.05) is 25.0 Å². The molecule has 1 aliphatic heterocycles. The van der Waals surface area contributed by atoms with Gasteiger partial charge in [0.05, 0.1) is 18.3 Å². The maximum absolute atomic E-state index is 12.5. The lowest BCUT2D eigenvalue weighted by Crippen LogP contribution is -2.33. The summed E-state index contributed by atoms with van der Waals surface area (Å²) in [4.78, 5) is 50.1. The van der Waals surface area contributed by atoms with Gasteiger partial charge >= 0.3 is 11.6 Å². The van der Waals surface area contributed by atoms with Crippen LogP contribution in [-0.2, 0) is 25.7 Å². The van der Waals surface area contributed by atoms with Gasteiger partial charge in [0.2, 0.25) is 11.8 Å². The molecule has 1 saturated carbocycles. The molecule has 2 amide bonds. The summed E-state index contributed by atoms with van der Waals surface area (Å²) in [7, 11) is 0. The van der Waals surface area contributed by atoms with Crippen molar-refractivity contribution in [3.63, 3.8) is 0 Å². The number of imide groups is 1. The van der Waals surface area contributed by atoms with Gasteiger partial charge in [-0.15, -0.1) is 0 Å². The van der Waals surface area contributed by atoms with Gasteiger partial charge in [0.15, 0.2) is 0 Å². The molecule has 152 valence electrons. The van der Waals surface area contributed by atoms with Crippen molar-refractivity contribution in [2.75, 3.05) is 6.54 Å². The molecule has 4 rings (SSSR count).